The van der Waals surface area contributed by atoms with Crippen LogP contribution >= 0.6 is 0 Å². The molecule has 0 aliphatic carbocycles. The summed E-state index contributed by atoms with van der Waals surface area (Å²) in [5.74, 6) is -2.50. The highest BCUT2D eigenvalue weighted by molar-refractivity contribution is 6.31. The lowest BCUT2D eigenvalue weighted by atomic mass is 10.1. The monoisotopic (exact) mass is 194 g/mol. The van der Waals surface area contributed by atoms with Crippen molar-refractivity contribution in [1.29, 1.82) is 0 Å². The van der Waals surface area contributed by atoms with Gasteiger partial charge in [-0.05, 0) is 18.6 Å². The molecule has 0 aliphatic rings. The molecule has 0 aromatic carbocycles. The number of carbonyl (C=O) groups excluding carboxylic acids is 1. The van der Waals surface area contributed by atoms with Crippen molar-refractivity contribution in [2.75, 3.05) is 0 Å². The molecule has 2 N–H and O–H groups in total. The molecule has 1 aromatic rings. The molecule has 1 aromatic heterocycles. The van der Waals surface area contributed by atoms with E-state index in [4.69, 9.17) is 5.11 Å². The van der Waals surface area contributed by atoms with Crippen LogP contribution in [0.1, 0.15) is 18.5 Å². The van der Waals surface area contributed by atoms with Gasteiger partial charge >= 0.3 is 11.9 Å². The normalized spacial score (nSPS) is 11.8. The maximum Gasteiger partial charge on any atom is 0.394 e. The van der Waals surface area contributed by atoms with Gasteiger partial charge in [0.05, 0.1) is 6.04 Å². The van der Waals surface area contributed by atoms with Crippen LogP contribution in [0.4, 0.5) is 0 Å². The van der Waals surface area contributed by atoms with Gasteiger partial charge < -0.3 is 10.4 Å². The second-order valence-electron chi connectivity index (χ2n) is 2.79. The fourth-order valence-corrected chi connectivity index (χ4v) is 0.974. The van der Waals surface area contributed by atoms with Crippen LogP contribution < -0.4 is 5.32 Å². The third-order valence-electron chi connectivity index (χ3n) is 1.73. The zero-order chi connectivity index (χ0) is 10.6. The number of amides is 1. The van der Waals surface area contributed by atoms with Gasteiger partial charge in [-0.1, -0.05) is 6.07 Å². The topological polar surface area (TPSA) is 79.3 Å². The molecule has 5 heteroatoms. The summed E-state index contributed by atoms with van der Waals surface area (Å²) in [5, 5.41) is 10.7. The number of rotatable bonds is 2. The van der Waals surface area contributed by atoms with Crippen LogP contribution in [0.15, 0.2) is 24.5 Å². The lowest BCUT2D eigenvalue weighted by Gasteiger charge is -2.11. The number of pyridine rings is 1. The van der Waals surface area contributed by atoms with Gasteiger partial charge in [-0.25, -0.2) is 4.79 Å². The molecule has 1 unspecified atom stereocenters. The standard InChI is InChI=1S/C9H10N2O3/c1-6(11-8(12)9(13)14)7-3-2-4-10-5-7/h2-6H,1H3,(H,11,12)(H,13,14). The van der Waals surface area contributed by atoms with Gasteiger partial charge in [0.1, 0.15) is 0 Å². The van der Waals surface area contributed by atoms with Crippen molar-refractivity contribution in [2.45, 2.75) is 13.0 Å². The van der Waals surface area contributed by atoms with Gasteiger partial charge in [0.15, 0.2) is 0 Å². The van der Waals surface area contributed by atoms with E-state index in [1.165, 1.54) is 0 Å². The van der Waals surface area contributed by atoms with E-state index in [1.807, 2.05) is 0 Å². The highest BCUT2D eigenvalue weighted by Gasteiger charge is 2.14. The summed E-state index contributed by atoms with van der Waals surface area (Å²) in [5.41, 5.74) is 0.766. The van der Waals surface area contributed by atoms with Crippen LogP contribution in [-0.2, 0) is 9.59 Å². The average molecular weight is 194 g/mol. The van der Waals surface area contributed by atoms with E-state index in [2.05, 4.69) is 10.3 Å². The molecule has 0 aliphatic heterocycles. The number of hydrogen-bond acceptors (Lipinski definition) is 3. The first kappa shape index (κ1) is 10.2. The smallest absolute Gasteiger partial charge is 0.394 e. The minimum atomic E-state index is -1.49. The van der Waals surface area contributed by atoms with Crippen molar-refractivity contribution in [2.24, 2.45) is 0 Å². The minimum absolute atomic E-state index is 0.354. The van der Waals surface area contributed by atoms with Crippen molar-refractivity contribution in [3.63, 3.8) is 0 Å². The number of aliphatic carboxylic acids is 1. The van der Waals surface area contributed by atoms with Crippen LogP contribution in [0, 0.1) is 0 Å². The van der Waals surface area contributed by atoms with E-state index in [9.17, 15) is 9.59 Å². The fraction of sp³-hybridized carbons (Fsp3) is 0.222. The highest BCUT2D eigenvalue weighted by Crippen LogP contribution is 2.08. The Hall–Kier alpha value is -1.91. The Bertz CT molecular complexity index is 337. The molecule has 0 spiro atoms. The fourth-order valence-electron chi connectivity index (χ4n) is 0.974. The molecule has 0 fully saturated rings. The van der Waals surface area contributed by atoms with Crippen molar-refractivity contribution < 1.29 is 14.7 Å². The van der Waals surface area contributed by atoms with Crippen molar-refractivity contribution in [3.8, 4) is 0 Å². The van der Waals surface area contributed by atoms with Crippen molar-refractivity contribution >= 4 is 11.9 Å². The molecule has 1 atom stereocenters. The van der Waals surface area contributed by atoms with E-state index in [-0.39, 0.29) is 6.04 Å². The third-order valence-corrected chi connectivity index (χ3v) is 1.73. The largest absolute Gasteiger partial charge is 0.474 e. The van der Waals surface area contributed by atoms with E-state index < -0.39 is 11.9 Å². The summed E-state index contributed by atoms with van der Waals surface area (Å²) in [6.45, 7) is 1.69. The van der Waals surface area contributed by atoms with Crippen LogP contribution in [-0.4, -0.2) is 22.0 Å². The van der Waals surface area contributed by atoms with Gasteiger partial charge in [0.2, 0.25) is 0 Å². The Balaban J connectivity index is 2.64. The Morgan fingerprint density at radius 3 is 2.79 bits per heavy atom. The lowest BCUT2D eigenvalue weighted by Crippen LogP contribution is -2.32. The van der Waals surface area contributed by atoms with Crippen LogP contribution in [0.25, 0.3) is 0 Å². The molecule has 0 saturated heterocycles. The van der Waals surface area contributed by atoms with Crippen molar-refractivity contribution in [1.82, 2.24) is 10.3 Å². The highest BCUT2D eigenvalue weighted by atomic mass is 16.4. The van der Waals surface area contributed by atoms with Gasteiger partial charge in [0, 0.05) is 12.4 Å². The number of hydrogen-bond donors (Lipinski definition) is 2. The number of nitrogens with one attached hydrogen (secondary N) is 1. The SMILES string of the molecule is CC(NC(=O)C(=O)O)c1cccnc1. The Morgan fingerprint density at radius 1 is 1.57 bits per heavy atom. The lowest BCUT2D eigenvalue weighted by molar-refractivity contribution is -0.150. The number of nitrogens with zero attached hydrogens (tertiary/aromatic N) is 1. The third kappa shape index (κ3) is 2.55. The predicted molar refractivity (Wildman–Crippen MR) is 48.4 cm³/mol. The number of aromatic nitrogens is 1. The minimum Gasteiger partial charge on any atom is -0.474 e. The molecule has 1 rings (SSSR count). The van der Waals surface area contributed by atoms with Gasteiger partial charge in [-0.15, -0.1) is 0 Å². The predicted octanol–water partition coefficient (Wildman–Crippen LogP) is 0.343. The summed E-state index contributed by atoms with van der Waals surface area (Å²) in [6.07, 6.45) is 3.18. The van der Waals surface area contributed by atoms with Crippen LogP contribution in [0.2, 0.25) is 0 Å². The first-order valence-electron chi connectivity index (χ1n) is 4.05. The molecular weight excluding hydrogens is 184 g/mol. The van der Waals surface area contributed by atoms with Crippen molar-refractivity contribution in [3.05, 3.63) is 30.1 Å². The summed E-state index contributed by atoms with van der Waals surface area (Å²) < 4.78 is 0. The Kier molecular flexibility index (Phi) is 3.17. The first-order chi connectivity index (χ1) is 6.61. The van der Waals surface area contributed by atoms with Crippen LogP contribution in [0.3, 0.4) is 0 Å². The molecule has 1 heterocycles. The average Bonchev–Trinajstić information content (AvgIpc) is 2.19. The van der Waals surface area contributed by atoms with Crippen LogP contribution in [0.5, 0.6) is 0 Å². The number of carboxylic acids is 1. The summed E-state index contributed by atoms with van der Waals surface area (Å²) in [4.78, 5) is 24.9. The molecule has 5 nitrogen and oxygen atoms in total. The second kappa shape index (κ2) is 4.36. The van der Waals surface area contributed by atoms with Gasteiger partial charge in [-0.3, -0.25) is 9.78 Å². The number of carboxylic acid groups (broad SMARTS) is 1. The molecular formula is C9H10N2O3. The maximum absolute atomic E-state index is 10.8. The molecule has 0 bridgehead atoms. The molecule has 74 valence electrons. The zero-order valence-electron chi connectivity index (χ0n) is 7.60. The maximum atomic E-state index is 10.8. The van der Waals surface area contributed by atoms with Gasteiger partial charge in [-0.2, -0.15) is 0 Å². The summed E-state index contributed by atoms with van der Waals surface area (Å²) in [6, 6.07) is 3.13. The molecule has 1 amide bonds. The summed E-state index contributed by atoms with van der Waals surface area (Å²) >= 11 is 0. The van der Waals surface area contributed by atoms with E-state index in [0.29, 0.717) is 0 Å². The molecule has 0 saturated carbocycles. The van der Waals surface area contributed by atoms with Gasteiger partial charge in [0.25, 0.3) is 0 Å². The molecule has 0 radical (unpaired) electrons. The molecule has 14 heavy (non-hydrogen) atoms. The summed E-state index contributed by atoms with van der Waals surface area (Å²) in [7, 11) is 0. The Morgan fingerprint density at radius 2 is 2.29 bits per heavy atom. The Labute approximate surface area is 80.8 Å². The van der Waals surface area contributed by atoms with E-state index >= 15 is 0 Å². The van der Waals surface area contributed by atoms with E-state index in [1.54, 1.807) is 31.5 Å². The van der Waals surface area contributed by atoms with E-state index in [0.717, 1.165) is 5.56 Å². The first-order valence-corrected chi connectivity index (χ1v) is 4.05. The number of carbonyl (C=O) groups is 2. The zero-order valence-corrected chi connectivity index (χ0v) is 7.60. The quantitative estimate of drug-likeness (QED) is 0.665. The second-order valence-corrected chi connectivity index (χ2v) is 2.79.